The van der Waals surface area contributed by atoms with Crippen LogP contribution in [0.3, 0.4) is 0 Å². The molecule has 2 aromatic carbocycles. The number of benzene rings is 2. The van der Waals surface area contributed by atoms with Gasteiger partial charge in [-0.25, -0.2) is 4.68 Å². The second-order valence-electron chi connectivity index (χ2n) is 8.43. The lowest BCUT2D eigenvalue weighted by atomic mass is 9.84. The number of nitrogens with zero attached hydrogens (tertiary/aromatic N) is 3. The molecule has 0 N–H and O–H groups in total. The van der Waals surface area contributed by atoms with Gasteiger partial charge in [0, 0.05) is 25.1 Å². The molecule has 0 saturated heterocycles. The Morgan fingerprint density at radius 1 is 1.16 bits per heavy atom. The number of ether oxygens (including phenoxy) is 1. The van der Waals surface area contributed by atoms with E-state index in [1.54, 1.807) is 4.68 Å². The van der Waals surface area contributed by atoms with Crippen LogP contribution in [0.5, 0.6) is 11.6 Å². The van der Waals surface area contributed by atoms with Gasteiger partial charge in [0.1, 0.15) is 11.4 Å². The molecule has 0 spiro atoms. The highest BCUT2D eigenvalue weighted by molar-refractivity contribution is 5.80. The normalized spacial score (nSPS) is 13.6. The van der Waals surface area contributed by atoms with Crippen LogP contribution in [0, 0.1) is 12.8 Å². The van der Waals surface area contributed by atoms with Gasteiger partial charge in [-0.05, 0) is 43.9 Å². The summed E-state index contributed by atoms with van der Waals surface area (Å²) in [5, 5.41) is 4.80. The van der Waals surface area contributed by atoms with Gasteiger partial charge >= 0.3 is 0 Å². The monoisotopic (exact) mass is 417 g/mol. The lowest BCUT2D eigenvalue weighted by Gasteiger charge is -2.31. The molecular formula is C26H31N3O2. The van der Waals surface area contributed by atoms with Crippen LogP contribution in [0.2, 0.25) is 0 Å². The average molecular weight is 418 g/mol. The molecule has 1 heterocycles. The van der Waals surface area contributed by atoms with Crippen LogP contribution in [0.15, 0.2) is 54.6 Å². The molecular weight excluding hydrogens is 386 g/mol. The molecule has 1 aliphatic carbocycles. The van der Waals surface area contributed by atoms with Crippen molar-refractivity contribution in [1.82, 2.24) is 14.7 Å². The Bertz CT molecular complexity index is 1040. The summed E-state index contributed by atoms with van der Waals surface area (Å²) in [6, 6.07) is 18.1. The molecule has 5 nitrogen and oxygen atoms in total. The van der Waals surface area contributed by atoms with Crippen LogP contribution in [0.1, 0.15) is 43.7 Å². The van der Waals surface area contributed by atoms with Crippen LogP contribution in [-0.2, 0) is 18.4 Å². The van der Waals surface area contributed by atoms with Crippen LogP contribution < -0.4 is 4.74 Å². The number of carbonyl (C=O) groups is 1. The smallest absolute Gasteiger partial charge is 0.225 e. The second kappa shape index (κ2) is 9.38. The fourth-order valence-corrected chi connectivity index (χ4v) is 4.08. The van der Waals surface area contributed by atoms with E-state index < -0.39 is 0 Å². The van der Waals surface area contributed by atoms with E-state index in [0.29, 0.717) is 12.4 Å². The van der Waals surface area contributed by atoms with Crippen molar-refractivity contribution in [2.75, 3.05) is 6.54 Å². The summed E-state index contributed by atoms with van der Waals surface area (Å²) in [5.74, 6) is 1.89. The van der Waals surface area contributed by atoms with Crippen molar-refractivity contribution in [3.05, 3.63) is 65.7 Å². The highest BCUT2D eigenvalue weighted by Gasteiger charge is 2.31. The second-order valence-corrected chi connectivity index (χ2v) is 8.43. The Morgan fingerprint density at radius 3 is 2.58 bits per heavy atom. The zero-order valence-electron chi connectivity index (χ0n) is 18.7. The fourth-order valence-electron chi connectivity index (χ4n) is 4.08. The SMILES string of the molecule is CCCN(Cc1c(-c2ccccc2)nn(C)c1Oc1cccc(C)c1)C(=O)C1CCC1. The van der Waals surface area contributed by atoms with Gasteiger partial charge in [-0.2, -0.15) is 5.10 Å². The Kier molecular flexibility index (Phi) is 6.40. The van der Waals surface area contributed by atoms with E-state index >= 15 is 0 Å². The number of aryl methyl sites for hydroxylation is 2. The van der Waals surface area contributed by atoms with Crippen LogP contribution in [0.4, 0.5) is 0 Å². The van der Waals surface area contributed by atoms with Crippen molar-refractivity contribution >= 4 is 5.91 Å². The summed E-state index contributed by atoms with van der Waals surface area (Å²) in [4.78, 5) is 15.1. The maximum atomic E-state index is 13.1. The van der Waals surface area contributed by atoms with Crippen molar-refractivity contribution in [2.24, 2.45) is 13.0 Å². The van der Waals surface area contributed by atoms with Crippen molar-refractivity contribution in [3.8, 4) is 22.9 Å². The fraction of sp³-hybridized carbons (Fsp3) is 0.385. The standard InChI is InChI=1S/C26H31N3O2/c1-4-16-29(25(30)21-13-9-14-21)18-23-24(20-11-6-5-7-12-20)27-28(3)26(23)31-22-15-8-10-19(2)17-22/h5-8,10-12,15,17,21H,4,9,13-14,16,18H2,1-3H3. The van der Waals surface area contributed by atoms with Gasteiger partial charge in [-0.1, -0.05) is 55.8 Å². The van der Waals surface area contributed by atoms with Crippen LogP contribution in [-0.4, -0.2) is 27.1 Å². The maximum Gasteiger partial charge on any atom is 0.225 e. The topological polar surface area (TPSA) is 47.4 Å². The summed E-state index contributed by atoms with van der Waals surface area (Å²) < 4.78 is 8.13. The predicted molar refractivity (Wildman–Crippen MR) is 123 cm³/mol. The summed E-state index contributed by atoms with van der Waals surface area (Å²) >= 11 is 0. The van der Waals surface area contributed by atoms with Gasteiger partial charge in [0.15, 0.2) is 0 Å². The summed E-state index contributed by atoms with van der Waals surface area (Å²) in [6.45, 7) is 5.41. The minimum Gasteiger partial charge on any atom is -0.439 e. The van der Waals surface area contributed by atoms with E-state index in [1.165, 1.54) is 0 Å². The Hall–Kier alpha value is -3.08. The number of aromatic nitrogens is 2. The molecule has 162 valence electrons. The molecule has 1 saturated carbocycles. The average Bonchev–Trinajstić information content (AvgIpc) is 3.02. The van der Waals surface area contributed by atoms with E-state index in [2.05, 4.69) is 19.1 Å². The van der Waals surface area contributed by atoms with Gasteiger partial charge < -0.3 is 9.64 Å². The molecule has 31 heavy (non-hydrogen) atoms. The van der Waals surface area contributed by atoms with Crippen LogP contribution in [0.25, 0.3) is 11.3 Å². The molecule has 1 fully saturated rings. The van der Waals surface area contributed by atoms with E-state index in [9.17, 15) is 4.79 Å². The highest BCUT2D eigenvalue weighted by Crippen LogP contribution is 2.36. The summed E-state index contributed by atoms with van der Waals surface area (Å²) in [6.07, 6.45) is 4.09. The maximum absolute atomic E-state index is 13.1. The van der Waals surface area contributed by atoms with Crippen molar-refractivity contribution in [1.29, 1.82) is 0 Å². The number of hydrogen-bond acceptors (Lipinski definition) is 3. The van der Waals surface area contributed by atoms with Gasteiger partial charge in [-0.15, -0.1) is 0 Å². The number of amides is 1. The molecule has 1 aliphatic rings. The Labute approximate surface area is 184 Å². The first kappa shape index (κ1) is 21.2. The summed E-state index contributed by atoms with van der Waals surface area (Å²) in [5.41, 5.74) is 3.99. The van der Waals surface area contributed by atoms with E-state index in [1.807, 2.05) is 61.3 Å². The Balaban J connectivity index is 1.74. The molecule has 4 rings (SSSR count). The molecule has 0 aliphatic heterocycles. The molecule has 3 aromatic rings. The lowest BCUT2D eigenvalue weighted by molar-refractivity contribution is -0.138. The predicted octanol–water partition coefficient (Wildman–Crippen LogP) is 5.73. The van der Waals surface area contributed by atoms with Gasteiger partial charge in [0.2, 0.25) is 11.8 Å². The van der Waals surface area contributed by atoms with E-state index in [0.717, 1.165) is 60.4 Å². The van der Waals surface area contributed by atoms with Gasteiger partial charge in [0.25, 0.3) is 0 Å². The highest BCUT2D eigenvalue weighted by atomic mass is 16.5. The molecule has 5 heteroatoms. The third-order valence-corrected chi connectivity index (χ3v) is 5.95. The van der Waals surface area contributed by atoms with Gasteiger partial charge in [-0.3, -0.25) is 4.79 Å². The number of carbonyl (C=O) groups excluding carboxylic acids is 1. The molecule has 1 amide bonds. The molecule has 1 aromatic heterocycles. The third-order valence-electron chi connectivity index (χ3n) is 5.95. The minimum absolute atomic E-state index is 0.171. The van der Waals surface area contributed by atoms with Crippen LogP contribution >= 0.6 is 0 Å². The Morgan fingerprint density at radius 2 is 1.94 bits per heavy atom. The van der Waals surface area contributed by atoms with E-state index in [-0.39, 0.29) is 11.8 Å². The van der Waals surface area contributed by atoms with Gasteiger partial charge in [0.05, 0.1) is 12.1 Å². The number of rotatable bonds is 8. The third kappa shape index (κ3) is 4.66. The summed E-state index contributed by atoms with van der Waals surface area (Å²) in [7, 11) is 1.90. The van der Waals surface area contributed by atoms with Crippen molar-refractivity contribution < 1.29 is 9.53 Å². The van der Waals surface area contributed by atoms with Crippen molar-refractivity contribution in [2.45, 2.75) is 46.1 Å². The van der Waals surface area contributed by atoms with Crippen molar-refractivity contribution in [3.63, 3.8) is 0 Å². The first-order chi connectivity index (χ1) is 15.1. The molecule has 0 atom stereocenters. The minimum atomic E-state index is 0.171. The lowest BCUT2D eigenvalue weighted by Crippen LogP contribution is -2.39. The quantitative estimate of drug-likeness (QED) is 0.470. The first-order valence-electron chi connectivity index (χ1n) is 11.2. The molecule has 0 unspecified atom stereocenters. The zero-order chi connectivity index (χ0) is 21.8. The first-order valence-corrected chi connectivity index (χ1v) is 11.2. The molecule has 0 bridgehead atoms. The zero-order valence-corrected chi connectivity index (χ0v) is 18.7. The van der Waals surface area contributed by atoms with E-state index in [4.69, 9.17) is 9.84 Å². The molecule has 0 radical (unpaired) electrons. The largest absolute Gasteiger partial charge is 0.439 e. The number of hydrogen-bond donors (Lipinski definition) is 0.